The third-order valence-electron chi connectivity index (χ3n) is 11.5. The zero-order valence-corrected chi connectivity index (χ0v) is 29.6. The van der Waals surface area contributed by atoms with Crippen LogP contribution in [0.15, 0.2) is 66.7 Å². The average Bonchev–Trinajstić information content (AvgIpc) is 3.82. The number of ether oxygens (including phenoxy) is 2. The standard InChI is InChI=1S/C38H46N4O6Si/c1-23-35(49(3,4)29-14-12-28(47-2)13-15-29)33(20-34(44)42-21-25-9-6-5-8-24(25)18-27(42)22-43)48-38(23)30-19-26(11-16-31(30)41-37(38)46)40-36(45)32-10-7-17-39-32/h5-6,8-9,11-16,19,23,27,32-33,35,39,43H,7,10,17-18,20-22H2,1-4H3,(H,40,45)(H,41,46)/t23-,27+,32-,33+,35-,38+/m1/s1. The quantitative estimate of drug-likeness (QED) is 0.266. The molecule has 2 saturated heterocycles. The van der Waals surface area contributed by atoms with Crippen LogP contribution in [0.3, 0.4) is 0 Å². The van der Waals surface area contributed by atoms with Gasteiger partial charge in [0.2, 0.25) is 11.8 Å². The number of carbonyl (C=O) groups excluding carboxylic acids is 3. The van der Waals surface area contributed by atoms with Crippen LogP contribution in [0.25, 0.3) is 0 Å². The summed E-state index contributed by atoms with van der Waals surface area (Å²) in [6.07, 6.45) is 1.83. The second-order valence-corrected chi connectivity index (χ2v) is 19.2. The zero-order valence-electron chi connectivity index (χ0n) is 28.6. The minimum absolute atomic E-state index is 0.0778. The monoisotopic (exact) mass is 682 g/mol. The number of nitrogens with zero attached hydrogens (tertiary/aromatic N) is 1. The Bertz CT molecular complexity index is 1760. The number of amides is 3. The van der Waals surface area contributed by atoms with Gasteiger partial charge in [-0.15, -0.1) is 0 Å². The van der Waals surface area contributed by atoms with Crippen LogP contribution in [-0.4, -0.2) is 74.3 Å². The second kappa shape index (κ2) is 13.0. The molecular formula is C38H46N4O6Si. The highest BCUT2D eigenvalue weighted by Crippen LogP contribution is 2.59. The van der Waals surface area contributed by atoms with E-state index in [-0.39, 0.29) is 54.3 Å². The molecular weight excluding hydrogens is 637 g/mol. The minimum Gasteiger partial charge on any atom is -0.497 e. The molecule has 0 saturated carbocycles. The highest BCUT2D eigenvalue weighted by molar-refractivity contribution is 6.91. The normalized spacial score (nSPS) is 27.5. The Hall–Kier alpha value is -4.03. The third kappa shape index (κ3) is 5.76. The highest BCUT2D eigenvalue weighted by atomic mass is 28.3. The lowest BCUT2D eigenvalue weighted by Crippen LogP contribution is -2.52. The predicted molar refractivity (Wildman–Crippen MR) is 190 cm³/mol. The number of fused-ring (bicyclic) bond motifs is 3. The molecule has 258 valence electrons. The van der Waals surface area contributed by atoms with Crippen molar-refractivity contribution in [1.82, 2.24) is 10.2 Å². The van der Waals surface area contributed by atoms with E-state index in [0.29, 0.717) is 29.9 Å². The molecule has 4 N–H and O–H groups in total. The minimum atomic E-state index is -2.47. The summed E-state index contributed by atoms with van der Waals surface area (Å²) in [5.74, 6) is 0.0135. The summed E-state index contributed by atoms with van der Waals surface area (Å²) in [5, 5.41) is 20.9. The maximum Gasteiger partial charge on any atom is 0.261 e. The van der Waals surface area contributed by atoms with Crippen LogP contribution in [-0.2, 0) is 37.7 Å². The van der Waals surface area contributed by atoms with Crippen LogP contribution >= 0.6 is 0 Å². The van der Waals surface area contributed by atoms with Gasteiger partial charge in [-0.1, -0.05) is 61.6 Å². The molecule has 0 aromatic heterocycles. The van der Waals surface area contributed by atoms with Crippen molar-refractivity contribution in [1.29, 1.82) is 0 Å². The van der Waals surface area contributed by atoms with Crippen LogP contribution in [0.2, 0.25) is 18.6 Å². The fraction of sp³-hybridized carbons (Fsp3) is 0.447. The van der Waals surface area contributed by atoms with E-state index < -0.39 is 19.8 Å². The molecule has 2 fully saturated rings. The van der Waals surface area contributed by atoms with E-state index in [1.807, 2.05) is 48.5 Å². The van der Waals surface area contributed by atoms with Crippen molar-refractivity contribution < 1.29 is 29.0 Å². The van der Waals surface area contributed by atoms with Gasteiger partial charge >= 0.3 is 0 Å². The first kappa shape index (κ1) is 33.5. The molecule has 49 heavy (non-hydrogen) atoms. The number of carbonyl (C=O) groups is 3. The molecule has 3 aromatic carbocycles. The molecule has 0 aliphatic carbocycles. The molecule has 1 spiro atoms. The summed E-state index contributed by atoms with van der Waals surface area (Å²) in [7, 11) is -0.824. The fourth-order valence-electron chi connectivity index (χ4n) is 8.88. The van der Waals surface area contributed by atoms with E-state index in [2.05, 4.69) is 54.2 Å². The Kier molecular flexibility index (Phi) is 8.89. The SMILES string of the molecule is COc1ccc([Si](C)(C)[C@H]2[C@H](CC(=O)N3Cc4ccccc4C[C@H]3CO)O[C@@]3(C(=O)Nc4ccc(NC(=O)[C@H]5CCCN5)cc43)[C@@H]2C)cc1. The van der Waals surface area contributed by atoms with Crippen molar-refractivity contribution in [3.8, 4) is 5.75 Å². The van der Waals surface area contributed by atoms with Gasteiger partial charge in [0.15, 0.2) is 5.60 Å². The summed E-state index contributed by atoms with van der Waals surface area (Å²) >= 11 is 0. The molecule has 4 aliphatic rings. The number of benzene rings is 3. The lowest BCUT2D eigenvalue weighted by Gasteiger charge is -2.39. The topological polar surface area (TPSA) is 129 Å². The summed E-state index contributed by atoms with van der Waals surface area (Å²) in [6.45, 7) is 7.73. The van der Waals surface area contributed by atoms with Gasteiger partial charge < -0.3 is 35.4 Å². The zero-order chi connectivity index (χ0) is 34.5. The van der Waals surface area contributed by atoms with Gasteiger partial charge in [0.1, 0.15) is 5.75 Å². The van der Waals surface area contributed by atoms with Crippen LogP contribution in [0.4, 0.5) is 11.4 Å². The smallest absolute Gasteiger partial charge is 0.261 e. The van der Waals surface area contributed by atoms with Gasteiger partial charge in [0.05, 0.1) is 46.4 Å². The van der Waals surface area contributed by atoms with Crippen molar-refractivity contribution >= 4 is 42.4 Å². The van der Waals surface area contributed by atoms with E-state index >= 15 is 0 Å². The second-order valence-electron chi connectivity index (χ2n) is 14.5. The Morgan fingerprint density at radius 2 is 1.86 bits per heavy atom. The first-order valence-electron chi connectivity index (χ1n) is 17.4. The van der Waals surface area contributed by atoms with Gasteiger partial charge in [0, 0.05) is 29.4 Å². The molecule has 0 bridgehead atoms. The van der Waals surface area contributed by atoms with Gasteiger partial charge in [-0.3, -0.25) is 14.4 Å². The van der Waals surface area contributed by atoms with E-state index in [1.165, 1.54) is 5.19 Å². The van der Waals surface area contributed by atoms with Crippen molar-refractivity contribution in [3.63, 3.8) is 0 Å². The number of aliphatic hydroxyl groups excluding tert-OH is 1. The molecule has 6 atom stereocenters. The average molecular weight is 683 g/mol. The molecule has 11 heteroatoms. The number of rotatable bonds is 8. The summed E-state index contributed by atoms with van der Waals surface area (Å²) in [4.78, 5) is 43.4. The van der Waals surface area contributed by atoms with Crippen molar-refractivity contribution in [2.45, 2.75) is 81.6 Å². The van der Waals surface area contributed by atoms with Crippen molar-refractivity contribution in [3.05, 3.63) is 83.4 Å². The molecule has 10 nitrogen and oxygen atoms in total. The van der Waals surface area contributed by atoms with Crippen LogP contribution in [0.5, 0.6) is 5.75 Å². The van der Waals surface area contributed by atoms with Gasteiger partial charge in [-0.05, 0) is 72.8 Å². The summed E-state index contributed by atoms with van der Waals surface area (Å²) in [5.41, 5.74) is 2.68. The number of hydrogen-bond donors (Lipinski definition) is 4. The molecule has 0 unspecified atom stereocenters. The lowest BCUT2D eigenvalue weighted by molar-refractivity contribution is -0.149. The van der Waals surface area contributed by atoms with Crippen LogP contribution < -0.4 is 25.9 Å². The molecule has 0 radical (unpaired) electrons. The molecule has 7 rings (SSSR count). The summed E-state index contributed by atoms with van der Waals surface area (Å²) in [6, 6.07) is 21.1. The fourth-order valence-corrected chi connectivity index (χ4v) is 12.9. The first-order valence-corrected chi connectivity index (χ1v) is 20.4. The van der Waals surface area contributed by atoms with Crippen LogP contribution in [0.1, 0.15) is 42.9 Å². The largest absolute Gasteiger partial charge is 0.497 e. The molecule has 3 amide bonds. The van der Waals surface area contributed by atoms with Crippen molar-refractivity contribution in [2.75, 3.05) is 30.9 Å². The molecule has 4 heterocycles. The van der Waals surface area contributed by atoms with Crippen molar-refractivity contribution in [2.24, 2.45) is 5.92 Å². The van der Waals surface area contributed by atoms with Crippen LogP contribution in [0, 0.1) is 5.92 Å². The van der Waals surface area contributed by atoms with Gasteiger partial charge in [0.25, 0.3) is 5.91 Å². The number of methoxy groups -OCH3 is 1. The number of nitrogens with one attached hydrogen (secondary N) is 3. The summed E-state index contributed by atoms with van der Waals surface area (Å²) < 4.78 is 12.5. The van der Waals surface area contributed by atoms with Gasteiger partial charge in [-0.25, -0.2) is 0 Å². The van der Waals surface area contributed by atoms with E-state index in [0.717, 1.165) is 36.3 Å². The van der Waals surface area contributed by atoms with E-state index in [4.69, 9.17) is 9.47 Å². The van der Waals surface area contributed by atoms with Gasteiger partial charge in [-0.2, -0.15) is 0 Å². The highest BCUT2D eigenvalue weighted by Gasteiger charge is 2.65. The number of aliphatic hydroxyl groups is 1. The van der Waals surface area contributed by atoms with E-state index in [9.17, 15) is 19.5 Å². The Labute approximate surface area is 288 Å². The maximum absolute atomic E-state index is 14.3. The van der Waals surface area contributed by atoms with E-state index in [1.54, 1.807) is 12.0 Å². The Morgan fingerprint density at radius 1 is 1.10 bits per heavy atom. The Morgan fingerprint density at radius 3 is 2.55 bits per heavy atom. The lowest BCUT2D eigenvalue weighted by atomic mass is 9.82. The third-order valence-corrected chi connectivity index (χ3v) is 15.9. The Balaban J connectivity index is 1.25. The maximum atomic E-state index is 14.3. The first-order chi connectivity index (χ1) is 23.6. The number of anilines is 2. The number of hydrogen-bond acceptors (Lipinski definition) is 7. The predicted octanol–water partition coefficient (Wildman–Crippen LogP) is 3.89. The molecule has 4 aliphatic heterocycles. The molecule has 3 aromatic rings.